The van der Waals surface area contributed by atoms with Gasteiger partial charge in [-0.05, 0) is 32.4 Å². The fourth-order valence-corrected chi connectivity index (χ4v) is 4.27. The number of aromatic nitrogens is 1. The summed E-state index contributed by atoms with van der Waals surface area (Å²) in [6.07, 6.45) is 11.7. The van der Waals surface area contributed by atoms with Crippen LogP contribution < -0.4 is 5.56 Å². The van der Waals surface area contributed by atoms with E-state index >= 15 is 0 Å². The Bertz CT molecular complexity index is 653. The first-order chi connectivity index (χ1) is 11.1. The summed E-state index contributed by atoms with van der Waals surface area (Å²) in [5.74, 6) is 0. The number of rotatable bonds is 10. The maximum Gasteiger partial charge on any atom is 0.269 e. The zero-order valence-corrected chi connectivity index (χ0v) is 15.8. The summed E-state index contributed by atoms with van der Waals surface area (Å²) < 4.78 is 3.08. The first-order valence-corrected chi connectivity index (χ1v) is 9.95. The average molecular weight is 334 g/mol. The minimum absolute atomic E-state index is 0.0804. The number of unbranched alkanes of at least 4 members (excludes halogenated alkanes) is 7. The van der Waals surface area contributed by atoms with Gasteiger partial charge in [0, 0.05) is 0 Å². The van der Waals surface area contributed by atoms with Gasteiger partial charge in [0.1, 0.15) is 0 Å². The van der Waals surface area contributed by atoms with E-state index in [1.807, 2.05) is 28.2 Å². The first-order valence-electron chi connectivity index (χ1n) is 9.18. The number of benzene rings is 1. The Morgan fingerprint density at radius 1 is 0.957 bits per heavy atom. The van der Waals surface area contributed by atoms with Gasteiger partial charge in [0.2, 0.25) is 0 Å². The van der Waals surface area contributed by atoms with Crippen molar-refractivity contribution in [3.05, 3.63) is 34.6 Å². The lowest BCUT2D eigenvalue weighted by molar-refractivity contribution is 0.330. The Morgan fingerprint density at radius 3 is 2.22 bits per heavy atom. The van der Waals surface area contributed by atoms with E-state index in [1.165, 1.54) is 51.4 Å². The Labute approximate surface area is 144 Å². The molecule has 0 bridgehead atoms. The van der Waals surface area contributed by atoms with Gasteiger partial charge in [0.15, 0.2) is 0 Å². The highest BCUT2D eigenvalue weighted by molar-refractivity contribution is 7.13. The van der Waals surface area contributed by atoms with Crippen molar-refractivity contribution < 1.29 is 0 Å². The lowest BCUT2D eigenvalue weighted by atomic mass is 9.96. The maximum absolute atomic E-state index is 12.6. The monoisotopic (exact) mass is 333 g/mol. The smallest absolute Gasteiger partial charge is 0.268 e. The second-order valence-corrected chi connectivity index (χ2v) is 8.21. The van der Waals surface area contributed by atoms with Crippen LogP contribution in [0.25, 0.3) is 10.1 Å². The lowest BCUT2D eigenvalue weighted by Crippen LogP contribution is -2.32. The summed E-state index contributed by atoms with van der Waals surface area (Å²) in [6, 6.07) is 7.95. The van der Waals surface area contributed by atoms with Crippen molar-refractivity contribution in [2.24, 2.45) is 0 Å². The molecule has 3 heteroatoms. The van der Waals surface area contributed by atoms with Crippen LogP contribution in [-0.4, -0.2) is 3.96 Å². The molecule has 2 aromatic rings. The van der Waals surface area contributed by atoms with Crippen LogP contribution in [0, 0.1) is 0 Å². The molecule has 0 spiro atoms. The van der Waals surface area contributed by atoms with Gasteiger partial charge in [0.25, 0.3) is 5.56 Å². The van der Waals surface area contributed by atoms with Gasteiger partial charge in [-0.25, -0.2) is 0 Å². The van der Waals surface area contributed by atoms with Gasteiger partial charge in [-0.15, -0.1) is 0 Å². The lowest BCUT2D eigenvalue weighted by Gasteiger charge is -2.25. The van der Waals surface area contributed by atoms with E-state index < -0.39 is 0 Å². The van der Waals surface area contributed by atoms with Gasteiger partial charge in [-0.1, -0.05) is 82.0 Å². The topological polar surface area (TPSA) is 22.0 Å². The third kappa shape index (κ3) is 4.94. The highest BCUT2D eigenvalue weighted by atomic mass is 32.1. The van der Waals surface area contributed by atoms with Crippen LogP contribution in [0.15, 0.2) is 29.1 Å². The Morgan fingerprint density at radius 2 is 1.57 bits per heavy atom. The van der Waals surface area contributed by atoms with Crippen LogP contribution in [0.1, 0.15) is 78.6 Å². The molecule has 1 aromatic heterocycles. The van der Waals surface area contributed by atoms with Gasteiger partial charge in [-0.2, -0.15) is 0 Å². The van der Waals surface area contributed by atoms with Gasteiger partial charge < -0.3 is 0 Å². The van der Waals surface area contributed by atoms with E-state index in [9.17, 15) is 4.79 Å². The molecule has 1 heterocycles. The Balaban J connectivity index is 1.84. The Kier molecular flexibility index (Phi) is 6.88. The number of hydrogen-bond acceptors (Lipinski definition) is 2. The van der Waals surface area contributed by atoms with Crippen LogP contribution in [-0.2, 0) is 5.54 Å². The highest BCUT2D eigenvalue weighted by Gasteiger charge is 2.23. The number of hydrogen-bond donors (Lipinski definition) is 0. The second kappa shape index (κ2) is 8.68. The summed E-state index contributed by atoms with van der Waals surface area (Å²) in [5, 5.41) is 0.862. The SMILES string of the molecule is CCCCCCCCCCC(C)(C)n1sc2ccccc2c1=O. The molecule has 2 nitrogen and oxygen atoms in total. The van der Waals surface area contributed by atoms with Crippen LogP contribution >= 0.6 is 11.5 Å². The quantitative estimate of drug-likeness (QED) is 0.466. The van der Waals surface area contributed by atoms with Crippen molar-refractivity contribution in [2.45, 2.75) is 84.1 Å². The standard InChI is InChI=1S/C20H31NOS/c1-4-5-6-7-8-9-10-13-16-20(2,3)21-19(22)17-14-11-12-15-18(17)23-21/h11-12,14-15H,4-10,13,16H2,1-3H3. The molecule has 0 radical (unpaired) electrons. The van der Waals surface area contributed by atoms with Crippen molar-refractivity contribution in [3.8, 4) is 0 Å². The first kappa shape index (κ1) is 18.3. The predicted octanol–water partition coefficient (Wildman–Crippen LogP) is 6.33. The van der Waals surface area contributed by atoms with Crippen LogP contribution in [0.2, 0.25) is 0 Å². The average Bonchev–Trinajstić information content (AvgIpc) is 2.88. The molecule has 128 valence electrons. The molecular formula is C20H31NOS. The highest BCUT2D eigenvalue weighted by Crippen LogP contribution is 2.27. The summed E-state index contributed by atoms with van der Waals surface area (Å²) in [6.45, 7) is 6.66. The van der Waals surface area contributed by atoms with E-state index in [-0.39, 0.29) is 11.1 Å². The van der Waals surface area contributed by atoms with E-state index in [0.29, 0.717) is 0 Å². The van der Waals surface area contributed by atoms with Crippen molar-refractivity contribution >= 4 is 21.6 Å². The third-order valence-corrected chi connectivity index (χ3v) is 6.08. The number of nitrogens with zero attached hydrogens (tertiary/aromatic N) is 1. The van der Waals surface area contributed by atoms with Crippen molar-refractivity contribution in [1.29, 1.82) is 0 Å². The molecule has 0 amide bonds. The van der Waals surface area contributed by atoms with Crippen LogP contribution in [0.3, 0.4) is 0 Å². The molecule has 0 N–H and O–H groups in total. The fraction of sp³-hybridized carbons (Fsp3) is 0.650. The molecule has 0 saturated heterocycles. The Hall–Kier alpha value is -1.09. The molecule has 0 fully saturated rings. The largest absolute Gasteiger partial charge is 0.269 e. The van der Waals surface area contributed by atoms with Gasteiger partial charge >= 0.3 is 0 Å². The van der Waals surface area contributed by atoms with Gasteiger partial charge in [0.05, 0.1) is 15.6 Å². The molecule has 1 aromatic carbocycles. The summed E-state index contributed by atoms with van der Waals surface area (Å²) >= 11 is 1.61. The number of fused-ring (bicyclic) bond motifs is 1. The molecule has 0 aliphatic heterocycles. The molecule has 23 heavy (non-hydrogen) atoms. The second-order valence-electron chi connectivity index (χ2n) is 7.22. The zero-order chi connectivity index (χ0) is 16.7. The normalized spacial score (nSPS) is 12.1. The molecule has 0 unspecified atom stereocenters. The van der Waals surface area contributed by atoms with E-state index in [2.05, 4.69) is 20.8 Å². The molecule has 0 saturated carbocycles. The minimum Gasteiger partial charge on any atom is -0.268 e. The van der Waals surface area contributed by atoms with Crippen molar-refractivity contribution in [1.82, 2.24) is 3.96 Å². The van der Waals surface area contributed by atoms with Crippen LogP contribution in [0.4, 0.5) is 0 Å². The molecule has 0 aliphatic carbocycles. The molecule has 2 rings (SSSR count). The van der Waals surface area contributed by atoms with Crippen molar-refractivity contribution in [2.75, 3.05) is 0 Å². The summed E-state index contributed by atoms with van der Waals surface area (Å²) in [4.78, 5) is 12.6. The van der Waals surface area contributed by atoms with Gasteiger partial charge in [-0.3, -0.25) is 8.75 Å². The van der Waals surface area contributed by atoms with Crippen LogP contribution in [0.5, 0.6) is 0 Å². The van der Waals surface area contributed by atoms with E-state index in [1.54, 1.807) is 11.5 Å². The van der Waals surface area contributed by atoms with E-state index in [4.69, 9.17) is 0 Å². The summed E-state index contributed by atoms with van der Waals surface area (Å²) in [7, 11) is 0. The minimum atomic E-state index is -0.0804. The molecule has 0 aliphatic rings. The molecular weight excluding hydrogens is 302 g/mol. The summed E-state index contributed by atoms with van der Waals surface area (Å²) in [5.41, 5.74) is 0.0957. The predicted molar refractivity (Wildman–Crippen MR) is 103 cm³/mol. The third-order valence-electron chi connectivity index (χ3n) is 4.68. The van der Waals surface area contributed by atoms with Crippen molar-refractivity contribution in [3.63, 3.8) is 0 Å². The molecule has 0 atom stereocenters. The zero-order valence-electron chi connectivity index (χ0n) is 14.9. The fourth-order valence-electron chi connectivity index (χ4n) is 3.16. The maximum atomic E-state index is 12.6. The van der Waals surface area contributed by atoms with E-state index in [0.717, 1.165) is 16.5 Å².